The number of aryl methyl sites for hydroxylation is 4. The molecule has 3 aromatic rings. The zero-order valence-electron chi connectivity index (χ0n) is 17.8. The fraction of sp³-hybridized carbons (Fsp3) is 0.364. The van der Waals surface area contributed by atoms with Crippen LogP contribution in [0.15, 0.2) is 16.9 Å². The van der Waals surface area contributed by atoms with Crippen LogP contribution in [0.1, 0.15) is 45.4 Å². The highest BCUT2D eigenvalue weighted by molar-refractivity contribution is 6.39. The van der Waals surface area contributed by atoms with Gasteiger partial charge in [0.1, 0.15) is 0 Å². The van der Waals surface area contributed by atoms with E-state index >= 15 is 0 Å². The van der Waals surface area contributed by atoms with Gasteiger partial charge in [0.05, 0.1) is 28.5 Å². The molecule has 162 valence electrons. The molecule has 7 nitrogen and oxygen atoms in total. The number of benzene rings is 1. The van der Waals surface area contributed by atoms with Gasteiger partial charge < -0.3 is 9.88 Å². The van der Waals surface area contributed by atoms with E-state index in [9.17, 15) is 9.59 Å². The summed E-state index contributed by atoms with van der Waals surface area (Å²) in [5.74, 6) is -0.232. The molecule has 2 aromatic heterocycles. The molecule has 0 radical (unpaired) electrons. The molecule has 1 aliphatic heterocycles. The fourth-order valence-electron chi connectivity index (χ4n) is 4.25. The third kappa shape index (κ3) is 3.66. The lowest BCUT2D eigenvalue weighted by molar-refractivity contribution is 0.0726. The summed E-state index contributed by atoms with van der Waals surface area (Å²) < 4.78 is 1.61. The minimum absolute atomic E-state index is 0.162. The van der Waals surface area contributed by atoms with Crippen LogP contribution < -0.4 is 5.56 Å². The number of fused-ring (bicyclic) bond motifs is 1. The maximum absolute atomic E-state index is 13.5. The summed E-state index contributed by atoms with van der Waals surface area (Å²) in [5, 5.41) is 8.93. The molecule has 0 aliphatic carbocycles. The van der Waals surface area contributed by atoms with Crippen LogP contribution in [-0.2, 0) is 26.4 Å². The van der Waals surface area contributed by atoms with Crippen LogP contribution in [0.3, 0.4) is 0 Å². The van der Waals surface area contributed by atoms with Gasteiger partial charge in [0, 0.05) is 35.4 Å². The molecular formula is C22H23Cl2N5O2. The zero-order valence-corrected chi connectivity index (χ0v) is 19.4. The maximum Gasteiger partial charge on any atom is 0.256 e. The van der Waals surface area contributed by atoms with Gasteiger partial charge in [-0.25, -0.2) is 4.68 Å². The number of halogens is 2. The Labute approximate surface area is 190 Å². The van der Waals surface area contributed by atoms with Gasteiger partial charge in [0.2, 0.25) is 0 Å². The highest BCUT2D eigenvalue weighted by atomic mass is 35.5. The van der Waals surface area contributed by atoms with Crippen LogP contribution >= 0.6 is 23.2 Å². The third-order valence-corrected chi connectivity index (χ3v) is 6.52. The Morgan fingerprint density at radius 2 is 1.94 bits per heavy atom. The van der Waals surface area contributed by atoms with E-state index in [2.05, 4.69) is 15.3 Å². The number of hydrogen-bond acceptors (Lipinski definition) is 4. The maximum atomic E-state index is 13.5. The predicted molar refractivity (Wildman–Crippen MR) is 121 cm³/mol. The molecule has 0 fully saturated rings. The van der Waals surface area contributed by atoms with Gasteiger partial charge in [-0.05, 0) is 49.9 Å². The van der Waals surface area contributed by atoms with E-state index in [1.54, 1.807) is 22.7 Å². The number of carbonyl (C=O) groups is 1. The summed E-state index contributed by atoms with van der Waals surface area (Å²) in [6, 6.07) is 3.73. The Kier molecular flexibility index (Phi) is 5.66. The van der Waals surface area contributed by atoms with Crippen LogP contribution in [-0.4, -0.2) is 37.3 Å². The summed E-state index contributed by atoms with van der Waals surface area (Å²) in [6.07, 6.45) is 1.27. The fourth-order valence-corrected chi connectivity index (χ4v) is 4.89. The molecule has 4 rings (SSSR count). The van der Waals surface area contributed by atoms with Crippen molar-refractivity contribution < 1.29 is 4.79 Å². The molecule has 31 heavy (non-hydrogen) atoms. The van der Waals surface area contributed by atoms with E-state index < -0.39 is 0 Å². The number of rotatable bonds is 4. The summed E-state index contributed by atoms with van der Waals surface area (Å²) >= 11 is 13.3. The number of aromatic nitrogens is 4. The molecular weight excluding hydrogens is 437 g/mol. The first kappa shape index (κ1) is 21.6. The topological polar surface area (TPSA) is 83.9 Å². The minimum Gasteiger partial charge on any atom is -0.334 e. The monoisotopic (exact) mass is 459 g/mol. The van der Waals surface area contributed by atoms with Crippen molar-refractivity contribution in [2.24, 2.45) is 7.05 Å². The predicted octanol–water partition coefficient (Wildman–Crippen LogP) is 3.85. The Morgan fingerprint density at radius 3 is 2.58 bits per heavy atom. The van der Waals surface area contributed by atoms with Gasteiger partial charge in [-0.2, -0.15) is 0 Å². The summed E-state index contributed by atoms with van der Waals surface area (Å²) in [5.41, 5.74) is 5.33. The van der Waals surface area contributed by atoms with Crippen LogP contribution in [0.25, 0.3) is 11.3 Å². The quantitative estimate of drug-likeness (QED) is 0.641. The van der Waals surface area contributed by atoms with Crippen molar-refractivity contribution in [1.82, 2.24) is 24.9 Å². The number of aromatic amines is 1. The van der Waals surface area contributed by atoms with Crippen LogP contribution in [0.2, 0.25) is 10.0 Å². The van der Waals surface area contributed by atoms with Crippen molar-refractivity contribution >= 4 is 29.1 Å². The lowest BCUT2D eigenvalue weighted by Gasteiger charge is -2.31. The lowest BCUT2D eigenvalue weighted by atomic mass is 9.94. The molecule has 1 aliphatic rings. The number of H-pyrrole nitrogens is 1. The number of hydrogen-bond donors (Lipinski definition) is 1. The second kappa shape index (κ2) is 8.13. The Balaban J connectivity index is 1.79. The third-order valence-electron chi connectivity index (χ3n) is 5.79. The number of nitrogens with zero attached hydrogens (tertiary/aromatic N) is 4. The minimum atomic E-state index is -0.232. The van der Waals surface area contributed by atoms with Crippen molar-refractivity contribution in [3.8, 4) is 11.3 Å². The SMILES string of the molecule is CCc1cc(C)[nH]c(=O)c1CN1CCc2c(Cl)cc(-c3c(C)nnn3C)c(Cl)c2C1=O. The molecule has 0 unspecified atom stereocenters. The smallest absolute Gasteiger partial charge is 0.256 e. The molecule has 0 atom stereocenters. The van der Waals surface area contributed by atoms with Gasteiger partial charge in [-0.3, -0.25) is 9.59 Å². The average Bonchev–Trinajstić information content (AvgIpc) is 3.05. The lowest BCUT2D eigenvalue weighted by Crippen LogP contribution is -2.39. The molecule has 9 heteroatoms. The second-order valence-electron chi connectivity index (χ2n) is 7.84. The van der Waals surface area contributed by atoms with E-state index in [0.717, 1.165) is 16.8 Å². The standard InChI is InChI=1S/C22H23Cl2N5O2/c1-5-13-8-11(2)25-21(30)16(13)10-29-7-6-14-17(23)9-15(19(24)18(14)22(29)31)20-12(3)26-27-28(20)4/h8-9H,5-7,10H2,1-4H3,(H,25,30). The zero-order chi connectivity index (χ0) is 22.4. The van der Waals surface area contributed by atoms with Gasteiger partial charge in [-0.15, -0.1) is 5.10 Å². The molecule has 0 saturated carbocycles. The Morgan fingerprint density at radius 1 is 1.19 bits per heavy atom. The first-order valence-electron chi connectivity index (χ1n) is 10.1. The average molecular weight is 460 g/mol. The summed E-state index contributed by atoms with van der Waals surface area (Å²) in [6.45, 7) is 6.37. The Hall–Kier alpha value is -2.64. The van der Waals surface area contributed by atoms with E-state index in [-0.39, 0.29) is 18.0 Å². The highest BCUT2D eigenvalue weighted by Gasteiger charge is 2.32. The Bertz CT molecular complexity index is 1240. The van der Waals surface area contributed by atoms with E-state index in [1.807, 2.05) is 26.8 Å². The highest BCUT2D eigenvalue weighted by Crippen LogP contribution is 2.40. The van der Waals surface area contributed by atoms with Gasteiger partial charge >= 0.3 is 0 Å². The number of amides is 1. The van der Waals surface area contributed by atoms with Crippen molar-refractivity contribution in [2.75, 3.05) is 6.54 Å². The van der Waals surface area contributed by atoms with Crippen molar-refractivity contribution in [3.05, 3.63) is 66.2 Å². The molecule has 3 heterocycles. The van der Waals surface area contributed by atoms with Gasteiger partial charge in [0.25, 0.3) is 11.5 Å². The molecule has 1 amide bonds. The van der Waals surface area contributed by atoms with Gasteiger partial charge in [0.15, 0.2) is 0 Å². The van der Waals surface area contributed by atoms with E-state index in [0.29, 0.717) is 57.5 Å². The largest absolute Gasteiger partial charge is 0.334 e. The van der Waals surface area contributed by atoms with Crippen LogP contribution in [0, 0.1) is 13.8 Å². The number of carbonyl (C=O) groups excluding carboxylic acids is 1. The number of pyridine rings is 1. The number of nitrogens with one attached hydrogen (secondary N) is 1. The molecule has 0 saturated heterocycles. The summed E-state index contributed by atoms with van der Waals surface area (Å²) in [7, 11) is 1.77. The van der Waals surface area contributed by atoms with Crippen molar-refractivity contribution in [1.29, 1.82) is 0 Å². The first-order valence-corrected chi connectivity index (χ1v) is 10.9. The van der Waals surface area contributed by atoms with Crippen LogP contribution in [0.4, 0.5) is 0 Å². The van der Waals surface area contributed by atoms with Crippen LogP contribution in [0.5, 0.6) is 0 Å². The second-order valence-corrected chi connectivity index (χ2v) is 8.62. The summed E-state index contributed by atoms with van der Waals surface area (Å²) in [4.78, 5) is 30.6. The molecule has 0 bridgehead atoms. The van der Waals surface area contributed by atoms with Crippen molar-refractivity contribution in [2.45, 2.75) is 40.2 Å². The van der Waals surface area contributed by atoms with Gasteiger partial charge in [-0.1, -0.05) is 35.3 Å². The van der Waals surface area contributed by atoms with E-state index in [1.165, 1.54) is 0 Å². The van der Waals surface area contributed by atoms with Crippen molar-refractivity contribution in [3.63, 3.8) is 0 Å². The molecule has 1 aromatic carbocycles. The molecule has 0 spiro atoms. The first-order chi connectivity index (χ1) is 14.7. The van der Waals surface area contributed by atoms with E-state index in [4.69, 9.17) is 23.2 Å². The molecule has 1 N–H and O–H groups in total. The normalized spacial score (nSPS) is 13.6.